The van der Waals surface area contributed by atoms with Crippen LogP contribution in [0.25, 0.3) is 0 Å². The van der Waals surface area contributed by atoms with Crippen LogP contribution in [0.1, 0.15) is 17.5 Å². The van der Waals surface area contributed by atoms with E-state index in [9.17, 15) is 0 Å². The molecule has 0 aliphatic carbocycles. The minimum absolute atomic E-state index is 0.257. The van der Waals surface area contributed by atoms with Crippen LogP contribution >= 0.6 is 0 Å². The van der Waals surface area contributed by atoms with Gasteiger partial charge in [-0.05, 0) is 50.1 Å². The van der Waals surface area contributed by atoms with Crippen molar-refractivity contribution in [2.45, 2.75) is 19.8 Å². The average Bonchev–Trinajstić information content (AvgIpc) is 2.80. The Balaban J connectivity index is 1.93. The molecule has 0 radical (unpaired) electrons. The maximum Gasteiger partial charge on any atom is 0.231 e. The Morgan fingerprint density at radius 3 is 2.67 bits per heavy atom. The first-order chi connectivity index (χ1) is 8.70. The summed E-state index contributed by atoms with van der Waals surface area (Å²) in [5.41, 5.74) is 2.55. The number of aliphatic hydroxyl groups is 1. The number of ether oxygens (including phenoxy) is 2. The van der Waals surface area contributed by atoms with Gasteiger partial charge in [0.05, 0.1) is 0 Å². The van der Waals surface area contributed by atoms with Gasteiger partial charge >= 0.3 is 0 Å². The molecular formula is C14H21NO3. The zero-order valence-electron chi connectivity index (χ0n) is 11.1. The molecule has 1 aliphatic heterocycles. The smallest absolute Gasteiger partial charge is 0.231 e. The van der Waals surface area contributed by atoms with Crippen LogP contribution < -0.4 is 9.47 Å². The molecule has 2 rings (SSSR count). The lowest BCUT2D eigenvalue weighted by atomic mass is 10.0. The molecule has 0 fully saturated rings. The fraction of sp³-hybridized carbons (Fsp3) is 0.571. The van der Waals surface area contributed by atoms with Crippen LogP contribution in [-0.4, -0.2) is 43.5 Å². The van der Waals surface area contributed by atoms with Crippen molar-refractivity contribution in [3.05, 3.63) is 23.3 Å². The van der Waals surface area contributed by atoms with Gasteiger partial charge in [0.2, 0.25) is 6.79 Å². The van der Waals surface area contributed by atoms with Crippen molar-refractivity contribution in [2.24, 2.45) is 0 Å². The number of aliphatic hydroxyl groups excluding tert-OH is 1. The normalized spacial score (nSPS) is 13.3. The molecule has 18 heavy (non-hydrogen) atoms. The number of hydrogen-bond acceptors (Lipinski definition) is 4. The molecule has 1 aromatic carbocycles. The highest BCUT2D eigenvalue weighted by molar-refractivity contribution is 5.48. The predicted octanol–water partition coefficient (Wildman–Crippen LogP) is 1.58. The van der Waals surface area contributed by atoms with Crippen LogP contribution in [0.15, 0.2) is 12.1 Å². The molecule has 100 valence electrons. The zero-order chi connectivity index (χ0) is 13.0. The van der Waals surface area contributed by atoms with Gasteiger partial charge in [0.1, 0.15) is 0 Å². The first-order valence-corrected chi connectivity index (χ1v) is 6.39. The largest absolute Gasteiger partial charge is 0.454 e. The molecule has 1 heterocycles. The van der Waals surface area contributed by atoms with E-state index in [2.05, 4.69) is 24.9 Å². The Morgan fingerprint density at radius 2 is 1.94 bits per heavy atom. The molecule has 0 saturated carbocycles. The van der Waals surface area contributed by atoms with Gasteiger partial charge in [-0.2, -0.15) is 0 Å². The number of fused-ring (bicyclic) bond motifs is 1. The minimum Gasteiger partial charge on any atom is -0.454 e. The molecule has 4 nitrogen and oxygen atoms in total. The molecule has 0 unspecified atom stereocenters. The lowest BCUT2D eigenvalue weighted by Gasteiger charge is -2.16. The molecule has 1 aromatic rings. The lowest BCUT2D eigenvalue weighted by molar-refractivity contribution is 0.174. The third-order valence-electron chi connectivity index (χ3n) is 3.29. The SMILES string of the molecule is Cc1cc2c(cc1CCN(C)CCCO)OCO2. The molecular weight excluding hydrogens is 230 g/mol. The zero-order valence-corrected chi connectivity index (χ0v) is 11.1. The molecule has 0 spiro atoms. The van der Waals surface area contributed by atoms with Crippen molar-refractivity contribution >= 4 is 0 Å². The van der Waals surface area contributed by atoms with Gasteiger partial charge in [0, 0.05) is 19.7 Å². The van der Waals surface area contributed by atoms with Crippen molar-refractivity contribution in [1.82, 2.24) is 4.90 Å². The van der Waals surface area contributed by atoms with Crippen molar-refractivity contribution in [3.8, 4) is 11.5 Å². The van der Waals surface area contributed by atoms with E-state index in [1.807, 2.05) is 6.07 Å². The van der Waals surface area contributed by atoms with Crippen LogP contribution in [0.5, 0.6) is 11.5 Å². The number of rotatable bonds is 6. The summed E-state index contributed by atoms with van der Waals surface area (Å²) in [6, 6.07) is 4.13. The third kappa shape index (κ3) is 3.15. The fourth-order valence-corrected chi connectivity index (χ4v) is 2.12. The average molecular weight is 251 g/mol. The Bertz CT molecular complexity index is 406. The summed E-state index contributed by atoms with van der Waals surface area (Å²) >= 11 is 0. The van der Waals surface area contributed by atoms with Crippen LogP contribution in [0, 0.1) is 6.92 Å². The van der Waals surface area contributed by atoms with Crippen molar-refractivity contribution in [2.75, 3.05) is 33.5 Å². The first kappa shape index (κ1) is 13.2. The fourth-order valence-electron chi connectivity index (χ4n) is 2.12. The predicted molar refractivity (Wildman–Crippen MR) is 70.2 cm³/mol. The van der Waals surface area contributed by atoms with Gasteiger partial charge in [0.15, 0.2) is 11.5 Å². The van der Waals surface area contributed by atoms with E-state index in [-0.39, 0.29) is 6.61 Å². The second kappa shape index (κ2) is 6.07. The second-order valence-electron chi connectivity index (χ2n) is 4.76. The van der Waals surface area contributed by atoms with E-state index in [1.54, 1.807) is 0 Å². The van der Waals surface area contributed by atoms with E-state index in [1.165, 1.54) is 11.1 Å². The van der Waals surface area contributed by atoms with Crippen molar-refractivity contribution in [3.63, 3.8) is 0 Å². The van der Waals surface area contributed by atoms with Gasteiger partial charge in [-0.25, -0.2) is 0 Å². The summed E-state index contributed by atoms with van der Waals surface area (Å²) in [5.74, 6) is 1.71. The van der Waals surface area contributed by atoms with Crippen LogP contribution in [0.3, 0.4) is 0 Å². The summed E-state index contributed by atoms with van der Waals surface area (Å²) in [7, 11) is 2.08. The second-order valence-corrected chi connectivity index (χ2v) is 4.76. The molecule has 1 N–H and O–H groups in total. The van der Waals surface area contributed by atoms with E-state index in [0.717, 1.165) is 37.4 Å². The van der Waals surface area contributed by atoms with Gasteiger partial charge in [0.25, 0.3) is 0 Å². The first-order valence-electron chi connectivity index (χ1n) is 6.39. The Kier molecular flexibility index (Phi) is 4.44. The standard InChI is InChI=1S/C14H21NO3/c1-11-8-13-14(18-10-17-13)9-12(11)4-6-15(2)5-3-7-16/h8-9,16H,3-7,10H2,1-2H3. The Hall–Kier alpha value is -1.26. The van der Waals surface area contributed by atoms with E-state index < -0.39 is 0 Å². The van der Waals surface area contributed by atoms with Crippen LogP contribution in [0.2, 0.25) is 0 Å². The Morgan fingerprint density at radius 1 is 1.22 bits per heavy atom. The van der Waals surface area contributed by atoms with Gasteiger partial charge < -0.3 is 19.5 Å². The quantitative estimate of drug-likeness (QED) is 0.833. The number of likely N-dealkylation sites (N-methyl/N-ethyl adjacent to an activating group) is 1. The topological polar surface area (TPSA) is 41.9 Å². The van der Waals surface area contributed by atoms with E-state index in [4.69, 9.17) is 14.6 Å². The molecule has 0 amide bonds. The van der Waals surface area contributed by atoms with Crippen LogP contribution in [-0.2, 0) is 6.42 Å². The third-order valence-corrected chi connectivity index (χ3v) is 3.29. The van der Waals surface area contributed by atoms with Crippen molar-refractivity contribution < 1.29 is 14.6 Å². The van der Waals surface area contributed by atoms with Crippen LogP contribution in [0.4, 0.5) is 0 Å². The molecule has 0 saturated heterocycles. The van der Waals surface area contributed by atoms with E-state index >= 15 is 0 Å². The summed E-state index contributed by atoms with van der Waals surface area (Å²) in [6.07, 6.45) is 1.82. The van der Waals surface area contributed by atoms with Gasteiger partial charge in [-0.15, -0.1) is 0 Å². The monoisotopic (exact) mass is 251 g/mol. The number of aryl methyl sites for hydroxylation is 1. The summed E-state index contributed by atoms with van der Waals surface area (Å²) in [4.78, 5) is 2.24. The molecule has 0 aromatic heterocycles. The highest BCUT2D eigenvalue weighted by Crippen LogP contribution is 2.34. The summed E-state index contributed by atoms with van der Waals surface area (Å²) < 4.78 is 10.7. The number of nitrogens with zero attached hydrogens (tertiary/aromatic N) is 1. The highest BCUT2D eigenvalue weighted by Gasteiger charge is 2.15. The molecule has 0 bridgehead atoms. The van der Waals surface area contributed by atoms with E-state index in [0.29, 0.717) is 6.79 Å². The highest BCUT2D eigenvalue weighted by atomic mass is 16.7. The maximum absolute atomic E-state index is 8.79. The number of benzene rings is 1. The maximum atomic E-state index is 8.79. The summed E-state index contributed by atoms with van der Waals surface area (Å²) in [5, 5.41) is 8.79. The Labute approximate surface area is 108 Å². The lowest BCUT2D eigenvalue weighted by Crippen LogP contribution is -2.23. The van der Waals surface area contributed by atoms with Crippen molar-refractivity contribution in [1.29, 1.82) is 0 Å². The summed E-state index contributed by atoms with van der Waals surface area (Å²) in [6.45, 7) is 4.60. The van der Waals surface area contributed by atoms with Gasteiger partial charge in [-0.3, -0.25) is 0 Å². The minimum atomic E-state index is 0.257. The number of hydrogen-bond donors (Lipinski definition) is 1. The molecule has 1 aliphatic rings. The van der Waals surface area contributed by atoms with Gasteiger partial charge in [-0.1, -0.05) is 0 Å². The molecule has 0 atom stereocenters. The molecule has 4 heteroatoms.